The van der Waals surface area contributed by atoms with E-state index in [1.807, 2.05) is 37.3 Å². The van der Waals surface area contributed by atoms with Gasteiger partial charge in [-0.3, -0.25) is 9.59 Å². The summed E-state index contributed by atoms with van der Waals surface area (Å²) in [4.78, 5) is 28.8. The summed E-state index contributed by atoms with van der Waals surface area (Å²) in [6.07, 6.45) is 0. The van der Waals surface area contributed by atoms with Crippen LogP contribution in [0.5, 0.6) is 17.2 Å². The average Bonchev–Trinajstić information content (AvgIpc) is 3.43. The van der Waals surface area contributed by atoms with Crippen molar-refractivity contribution in [3.63, 3.8) is 0 Å². The van der Waals surface area contributed by atoms with Crippen molar-refractivity contribution >= 4 is 16.9 Å². The van der Waals surface area contributed by atoms with Gasteiger partial charge in [-0.15, -0.1) is 0 Å². The van der Waals surface area contributed by atoms with E-state index in [4.69, 9.17) is 18.6 Å². The van der Waals surface area contributed by atoms with Crippen LogP contribution >= 0.6 is 0 Å². The molecule has 0 radical (unpaired) electrons. The lowest BCUT2D eigenvalue weighted by atomic mass is 9.98. The molecule has 4 aromatic rings. The van der Waals surface area contributed by atoms with Crippen molar-refractivity contribution in [2.45, 2.75) is 19.5 Å². The minimum Gasteiger partial charge on any atom is -0.494 e. The molecule has 1 aromatic heterocycles. The smallest absolute Gasteiger partial charge is 0.291 e. The van der Waals surface area contributed by atoms with Gasteiger partial charge < -0.3 is 23.5 Å². The number of ether oxygens (including phenoxy) is 3. The molecule has 6 rings (SSSR count). The van der Waals surface area contributed by atoms with Crippen LogP contribution in [0.15, 0.2) is 69.9 Å². The average molecular weight is 473 g/mol. The highest BCUT2D eigenvalue weighted by Gasteiger charge is 2.43. The first-order valence-electron chi connectivity index (χ1n) is 11.2. The molecule has 3 heterocycles. The molecule has 1 amide bonds. The summed E-state index contributed by atoms with van der Waals surface area (Å²) in [5.41, 5.74) is 1.39. The fourth-order valence-electron chi connectivity index (χ4n) is 4.68. The molecule has 35 heavy (non-hydrogen) atoms. The molecule has 0 fully saturated rings. The summed E-state index contributed by atoms with van der Waals surface area (Å²) in [6.45, 7) is 2.67. The third kappa shape index (κ3) is 3.49. The monoisotopic (exact) mass is 473 g/mol. The number of benzene rings is 3. The lowest BCUT2D eigenvalue weighted by Gasteiger charge is -2.25. The van der Waals surface area contributed by atoms with Crippen molar-refractivity contribution in [3.8, 4) is 17.2 Å². The molecule has 2 aliphatic rings. The van der Waals surface area contributed by atoms with Crippen LogP contribution in [0.4, 0.5) is 4.39 Å². The third-order valence-corrected chi connectivity index (χ3v) is 6.20. The standard InChI is InChI=1S/C27H20FNO6/c1-2-32-18-5-3-4-16(11-18)24-23-25(30)19-12-17(28)7-9-20(19)35-26(23)27(31)29(24)13-15-6-8-21-22(10-15)34-14-33-21/h3-12,24H,2,13-14H2,1H3/t24-/m0/s1. The van der Waals surface area contributed by atoms with Gasteiger partial charge in [0.2, 0.25) is 12.6 Å². The van der Waals surface area contributed by atoms with E-state index in [9.17, 15) is 14.0 Å². The quantitative estimate of drug-likeness (QED) is 0.414. The molecule has 1 atom stereocenters. The van der Waals surface area contributed by atoms with Crippen molar-refractivity contribution in [1.82, 2.24) is 4.90 Å². The zero-order chi connectivity index (χ0) is 24.1. The molecule has 7 nitrogen and oxygen atoms in total. The summed E-state index contributed by atoms with van der Waals surface area (Å²) >= 11 is 0. The number of amides is 1. The van der Waals surface area contributed by atoms with Gasteiger partial charge in [-0.25, -0.2) is 4.39 Å². The minimum absolute atomic E-state index is 0.0401. The Balaban J connectivity index is 1.52. The van der Waals surface area contributed by atoms with E-state index in [0.29, 0.717) is 29.4 Å². The first-order chi connectivity index (χ1) is 17.0. The number of halogens is 1. The number of hydrogen-bond acceptors (Lipinski definition) is 6. The Kier molecular flexibility index (Phi) is 4.95. The molecular formula is C27H20FNO6. The topological polar surface area (TPSA) is 78.2 Å². The van der Waals surface area contributed by atoms with Gasteiger partial charge in [0.25, 0.3) is 5.91 Å². The SMILES string of the molecule is CCOc1cccc([C@H]2c3c(oc4ccc(F)cc4c3=O)C(=O)N2Cc2ccc3c(c2)OCO3)c1. The zero-order valence-corrected chi connectivity index (χ0v) is 18.7. The van der Waals surface area contributed by atoms with Crippen LogP contribution in [0.2, 0.25) is 0 Å². The van der Waals surface area contributed by atoms with E-state index in [0.717, 1.165) is 11.6 Å². The molecule has 0 aliphatic carbocycles. The Hall–Kier alpha value is -4.33. The first-order valence-corrected chi connectivity index (χ1v) is 11.2. The summed E-state index contributed by atoms with van der Waals surface area (Å²) in [5, 5.41) is 0.0902. The molecule has 0 N–H and O–H groups in total. The van der Waals surface area contributed by atoms with Gasteiger partial charge in [-0.1, -0.05) is 18.2 Å². The van der Waals surface area contributed by atoms with Crippen molar-refractivity contribution in [2.24, 2.45) is 0 Å². The van der Waals surface area contributed by atoms with Crippen LogP contribution in [-0.4, -0.2) is 24.2 Å². The van der Waals surface area contributed by atoms with Gasteiger partial charge in [0, 0.05) is 6.54 Å². The highest BCUT2D eigenvalue weighted by Crippen LogP contribution is 2.41. The maximum Gasteiger partial charge on any atom is 0.291 e. The van der Waals surface area contributed by atoms with Crippen molar-refractivity contribution < 1.29 is 27.8 Å². The first kappa shape index (κ1) is 21.2. The molecule has 8 heteroatoms. The van der Waals surface area contributed by atoms with E-state index in [2.05, 4.69) is 0 Å². The predicted octanol–water partition coefficient (Wildman–Crippen LogP) is 4.80. The van der Waals surface area contributed by atoms with E-state index < -0.39 is 23.2 Å². The summed E-state index contributed by atoms with van der Waals surface area (Å²) in [6, 6.07) is 15.7. The molecule has 2 aliphatic heterocycles. The summed E-state index contributed by atoms with van der Waals surface area (Å²) < 4.78 is 36.4. The Labute approximate surface area is 199 Å². The number of fused-ring (bicyclic) bond motifs is 3. The number of carbonyl (C=O) groups is 1. The highest BCUT2D eigenvalue weighted by molar-refractivity contribution is 5.99. The number of rotatable bonds is 5. The van der Waals surface area contributed by atoms with Crippen LogP contribution in [-0.2, 0) is 6.54 Å². The maximum atomic E-state index is 14.0. The summed E-state index contributed by atoms with van der Waals surface area (Å²) in [5.74, 6) is 0.827. The Morgan fingerprint density at radius 1 is 1.03 bits per heavy atom. The molecule has 0 saturated heterocycles. The molecule has 0 spiro atoms. The van der Waals surface area contributed by atoms with Crippen molar-refractivity contribution in [2.75, 3.05) is 13.4 Å². The van der Waals surface area contributed by atoms with E-state index in [1.165, 1.54) is 12.1 Å². The van der Waals surface area contributed by atoms with Crippen LogP contribution in [0.1, 0.15) is 40.2 Å². The zero-order valence-electron chi connectivity index (χ0n) is 18.7. The maximum absolute atomic E-state index is 14.0. The van der Waals surface area contributed by atoms with E-state index >= 15 is 0 Å². The normalized spacial score (nSPS) is 16.1. The highest BCUT2D eigenvalue weighted by atomic mass is 19.1. The van der Waals surface area contributed by atoms with Gasteiger partial charge in [-0.05, 0) is 60.5 Å². The summed E-state index contributed by atoms with van der Waals surface area (Å²) in [7, 11) is 0. The van der Waals surface area contributed by atoms with Gasteiger partial charge in [0.15, 0.2) is 16.9 Å². The Bertz CT molecular complexity index is 1540. The van der Waals surface area contributed by atoms with Crippen LogP contribution in [0.3, 0.4) is 0 Å². The lowest BCUT2D eigenvalue weighted by molar-refractivity contribution is 0.0714. The fraction of sp³-hybridized carbons (Fsp3) is 0.185. The van der Waals surface area contributed by atoms with Gasteiger partial charge in [0.1, 0.15) is 17.1 Å². The fourth-order valence-corrected chi connectivity index (χ4v) is 4.68. The largest absolute Gasteiger partial charge is 0.494 e. The number of carbonyl (C=O) groups excluding carboxylic acids is 1. The lowest BCUT2D eigenvalue weighted by Crippen LogP contribution is -2.29. The Morgan fingerprint density at radius 3 is 2.74 bits per heavy atom. The van der Waals surface area contributed by atoms with Crippen LogP contribution in [0.25, 0.3) is 11.0 Å². The minimum atomic E-state index is -0.743. The molecule has 0 saturated carbocycles. The van der Waals surface area contributed by atoms with E-state index in [-0.39, 0.29) is 35.6 Å². The molecule has 176 valence electrons. The predicted molar refractivity (Wildman–Crippen MR) is 124 cm³/mol. The van der Waals surface area contributed by atoms with Gasteiger partial charge in [0.05, 0.1) is 23.6 Å². The van der Waals surface area contributed by atoms with Gasteiger partial charge in [-0.2, -0.15) is 0 Å². The van der Waals surface area contributed by atoms with Crippen LogP contribution in [0, 0.1) is 5.82 Å². The van der Waals surface area contributed by atoms with E-state index in [1.54, 1.807) is 17.0 Å². The Morgan fingerprint density at radius 2 is 1.89 bits per heavy atom. The molecular weight excluding hydrogens is 453 g/mol. The second-order valence-corrected chi connectivity index (χ2v) is 8.34. The molecule has 3 aromatic carbocycles. The molecule has 0 bridgehead atoms. The second-order valence-electron chi connectivity index (χ2n) is 8.34. The number of hydrogen-bond donors (Lipinski definition) is 0. The van der Waals surface area contributed by atoms with Crippen molar-refractivity contribution in [3.05, 3.63) is 99.2 Å². The molecule has 0 unspecified atom stereocenters. The second kappa shape index (κ2) is 8.16. The van der Waals surface area contributed by atoms with Gasteiger partial charge >= 0.3 is 0 Å². The van der Waals surface area contributed by atoms with Crippen molar-refractivity contribution in [1.29, 1.82) is 0 Å². The van der Waals surface area contributed by atoms with Crippen LogP contribution < -0.4 is 19.6 Å². The number of nitrogens with zero attached hydrogens (tertiary/aromatic N) is 1. The third-order valence-electron chi connectivity index (χ3n) is 6.20.